The standard InChI is InChI=1S/C7H7FN2/c8-6-2-1-5-4-9-10-7(5)3-6/h1-4,7,9-10H. The van der Waals surface area contributed by atoms with E-state index in [1.54, 1.807) is 6.08 Å². The molecule has 0 aromatic rings. The molecule has 3 heteroatoms. The summed E-state index contributed by atoms with van der Waals surface area (Å²) in [4.78, 5) is 0. The summed E-state index contributed by atoms with van der Waals surface area (Å²) in [6, 6.07) is 0.0185. The van der Waals surface area contributed by atoms with Gasteiger partial charge in [0.25, 0.3) is 0 Å². The zero-order valence-electron chi connectivity index (χ0n) is 5.26. The first-order valence-corrected chi connectivity index (χ1v) is 3.13. The van der Waals surface area contributed by atoms with Crippen LogP contribution in [0.1, 0.15) is 0 Å². The van der Waals surface area contributed by atoms with Crippen LogP contribution in [0, 0.1) is 0 Å². The fourth-order valence-electron chi connectivity index (χ4n) is 1.07. The highest BCUT2D eigenvalue weighted by molar-refractivity contribution is 5.39. The van der Waals surface area contributed by atoms with Crippen molar-refractivity contribution in [3.63, 3.8) is 0 Å². The summed E-state index contributed by atoms with van der Waals surface area (Å²) in [7, 11) is 0. The van der Waals surface area contributed by atoms with Gasteiger partial charge in [-0.3, -0.25) is 0 Å². The third-order valence-corrected chi connectivity index (χ3v) is 1.60. The Balaban J connectivity index is 2.32. The molecule has 1 unspecified atom stereocenters. The van der Waals surface area contributed by atoms with Crippen molar-refractivity contribution in [3.05, 3.63) is 35.8 Å². The average molecular weight is 138 g/mol. The molecule has 0 saturated carbocycles. The van der Waals surface area contributed by atoms with Crippen LogP contribution in [0.5, 0.6) is 0 Å². The average Bonchev–Trinajstić information content (AvgIpc) is 2.33. The van der Waals surface area contributed by atoms with Gasteiger partial charge in [0.15, 0.2) is 0 Å². The van der Waals surface area contributed by atoms with E-state index < -0.39 is 0 Å². The molecule has 0 bridgehead atoms. The summed E-state index contributed by atoms with van der Waals surface area (Å²) in [5.74, 6) is -0.182. The summed E-state index contributed by atoms with van der Waals surface area (Å²) < 4.78 is 12.5. The molecular formula is C7H7FN2. The molecule has 10 heavy (non-hydrogen) atoms. The Bertz CT molecular complexity index is 240. The molecule has 2 nitrogen and oxygen atoms in total. The van der Waals surface area contributed by atoms with Crippen LogP contribution in [-0.2, 0) is 0 Å². The Labute approximate surface area is 58.1 Å². The molecule has 0 amide bonds. The second-order valence-corrected chi connectivity index (χ2v) is 2.30. The maximum absolute atomic E-state index is 12.5. The summed E-state index contributed by atoms with van der Waals surface area (Å²) in [5, 5.41) is 0. The van der Waals surface area contributed by atoms with Crippen LogP contribution in [0.4, 0.5) is 4.39 Å². The van der Waals surface area contributed by atoms with Crippen LogP contribution in [0.15, 0.2) is 35.8 Å². The summed E-state index contributed by atoms with van der Waals surface area (Å²) >= 11 is 0. The molecule has 0 spiro atoms. The van der Waals surface area contributed by atoms with Gasteiger partial charge in [0.2, 0.25) is 0 Å². The van der Waals surface area contributed by atoms with Crippen LogP contribution in [0.25, 0.3) is 0 Å². The predicted molar refractivity (Wildman–Crippen MR) is 36.5 cm³/mol. The fraction of sp³-hybridized carbons (Fsp3) is 0.143. The van der Waals surface area contributed by atoms with E-state index >= 15 is 0 Å². The second-order valence-electron chi connectivity index (χ2n) is 2.30. The molecule has 2 N–H and O–H groups in total. The van der Waals surface area contributed by atoms with Crippen LogP contribution in [-0.4, -0.2) is 6.04 Å². The van der Waals surface area contributed by atoms with Crippen molar-refractivity contribution >= 4 is 0 Å². The number of nitrogens with one attached hydrogen (secondary N) is 2. The van der Waals surface area contributed by atoms with Crippen molar-refractivity contribution in [2.75, 3.05) is 0 Å². The molecule has 2 rings (SSSR count). The number of fused-ring (bicyclic) bond motifs is 1. The predicted octanol–water partition coefficient (Wildman–Crippen LogP) is 0.770. The van der Waals surface area contributed by atoms with Gasteiger partial charge in [-0.05, 0) is 17.7 Å². The molecule has 0 aromatic heterocycles. The number of hydrogen-bond donors (Lipinski definition) is 2. The summed E-state index contributed by atoms with van der Waals surface area (Å²) in [6.07, 6.45) is 6.57. The van der Waals surface area contributed by atoms with Gasteiger partial charge in [0.1, 0.15) is 5.83 Å². The second kappa shape index (κ2) is 1.95. The van der Waals surface area contributed by atoms with E-state index in [9.17, 15) is 4.39 Å². The molecule has 1 aliphatic heterocycles. The zero-order chi connectivity index (χ0) is 6.97. The van der Waals surface area contributed by atoms with E-state index in [1.165, 1.54) is 12.2 Å². The summed E-state index contributed by atoms with van der Waals surface area (Å²) in [6.45, 7) is 0. The minimum Gasteiger partial charge on any atom is -0.328 e. The minimum absolute atomic E-state index is 0.0185. The normalized spacial score (nSPS) is 28.7. The van der Waals surface area contributed by atoms with Crippen molar-refractivity contribution < 1.29 is 4.39 Å². The highest BCUT2D eigenvalue weighted by Crippen LogP contribution is 2.17. The lowest BCUT2D eigenvalue weighted by Gasteiger charge is -2.09. The quantitative estimate of drug-likeness (QED) is 0.516. The first-order chi connectivity index (χ1) is 4.86. The Morgan fingerprint density at radius 2 is 2.30 bits per heavy atom. The third kappa shape index (κ3) is 0.752. The SMILES string of the molecule is FC1=CC2NNC=C2C=C1. The molecule has 0 radical (unpaired) electrons. The lowest BCUT2D eigenvalue weighted by molar-refractivity contribution is 0.608. The molecule has 1 aliphatic carbocycles. The molecule has 0 saturated heterocycles. The maximum atomic E-state index is 12.5. The van der Waals surface area contributed by atoms with Crippen LogP contribution >= 0.6 is 0 Å². The Morgan fingerprint density at radius 3 is 3.20 bits per heavy atom. The molecule has 2 aliphatic rings. The molecular weight excluding hydrogens is 131 g/mol. The van der Waals surface area contributed by atoms with E-state index in [0.717, 1.165) is 5.57 Å². The van der Waals surface area contributed by atoms with Crippen molar-refractivity contribution in [2.24, 2.45) is 0 Å². The molecule has 0 aromatic carbocycles. The van der Waals surface area contributed by atoms with Crippen molar-refractivity contribution in [3.8, 4) is 0 Å². The Kier molecular flexibility index (Phi) is 1.11. The van der Waals surface area contributed by atoms with Gasteiger partial charge in [0.05, 0.1) is 6.04 Å². The van der Waals surface area contributed by atoms with E-state index in [4.69, 9.17) is 0 Å². The molecule has 1 heterocycles. The highest BCUT2D eigenvalue weighted by Gasteiger charge is 2.17. The minimum atomic E-state index is -0.182. The number of hydrazine groups is 1. The number of hydrogen-bond acceptors (Lipinski definition) is 2. The lowest BCUT2D eigenvalue weighted by Crippen LogP contribution is -2.30. The van der Waals surface area contributed by atoms with Gasteiger partial charge in [-0.1, -0.05) is 6.08 Å². The fourth-order valence-corrected chi connectivity index (χ4v) is 1.07. The largest absolute Gasteiger partial charge is 0.328 e. The Hall–Kier alpha value is -1.09. The molecule has 1 atom stereocenters. The first kappa shape index (κ1) is 5.68. The number of rotatable bonds is 0. The lowest BCUT2D eigenvalue weighted by atomic mass is 10.0. The number of halogens is 1. The van der Waals surface area contributed by atoms with Gasteiger partial charge in [0, 0.05) is 6.20 Å². The van der Waals surface area contributed by atoms with Crippen LogP contribution in [0.3, 0.4) is 0 Å². The van der Waals surface area contributed by atoms with Crippen molar-refractivity contribution in [2.45, 2.75) is 6.04 Å². The van der Waals surface area contributed by atoms with E-state index in [2.05, 4.69) is 10.9 Å². The van der Waals surface area contributed by atoms with Gasteiger partial charge < -0.3 is 5.43 Å². The van der Waals surface area contributed by atoms with Crippen LogP contribution < -0.4 is 10.9 Å². The molecule has 52 valence electrons. The van der Waals surface area contributed by atoms with Crippen molar-refractivity contribution in [1.82, 2.24) is 10.9 Å². The monoisotopic (exact) mass is 138 g/mol. The van der Waals surface area contributed by atoms with Crippen molar-refractivity contribution in [1.29, 1.82) is 0 Å². The Morgan fingerprint density at radius 1 is 1.40 bits per heavy atom. The smallest absolute Gasteiger partial charge is 0.121 e. The van der Waals surface area contributed by atoms with Crippen LogP contribution in [0.2, 0.25) is 0 Å². The topological polar surface area (TPSA) is 24.1 Å². The van der Waals surface area contributed by atoms with E-state index in [1.807, 2.05) is 6.20 Å². The zero-order valence-corrected chi connectivity index (χ0v) is 5.26. The third-order valence-electron chi connectivity index (χ3n) is 1.60. The van der Waals surface area contributed by atoms with Gasteiger partial charge in [-0.25, -0.2) is 9.82 Å². The van der Waals surface area contributed by atoms with E-state index in [0.29, 0.717) is 0 Å². The van der Waals surface area contributed by atoms with E-state index in [-0.39, 0.29) is 11.9 Å². The van der Waals surface area contributed by atoms with Gasteiger partial charge in [-0.2, -0.15) is 0 Å². The molecule has 0 fully saturated rings. The summed E-state index contributed by atoms with van der Waals surface area (Å²) in [5.41, 5.74) is 6.76. The van der Waals surface area contributed by atoms with Gasteiger partial charge in [-0.15, -0.1) is 0 Å². The van der Waals surface area contributed by atoms with Gasteiger partial charge >= 0.3 is 0 Å². The first-order valence-electron chi connectivity index (χ1n) is 3.13. The number of allylic oxidation sites excluding steroid dienone is 2. The highest BCUT2D eigenvalue weighted by atomic mass is 19.1. The maximum Gasteiger partial charge on any atom is 0.121 e.